The van der Waals surface area contributed by atoms with Gasteiger partial charge in [0.05, 0.1) is 28.8 Å². The molecule has 1 N–H and O–H groups in total. The van der Waals surface area contributed by atoms with Crippen molar-refractivity contribution in [3.05, 3.63) is 92.6 Å². The lowest BCUT2D eigenvalue weighted by Gasteiger charge is -2.22. The Bertz CT molecular complexity index is 1920. The Labute approximate surface area is 281 Å². The highest BCUT2D eigenvalue weighted by Crippen LogP contribution is 2.47. The molecule has 2 aliphatic heterocycles. The van der Waals surface area contributed by atoms with Gasteiger partial charge in [-0.15, -0.1) is 4.28 Å². The molecule has 0 aliphatic carbocycles. The van der Waals surface area contributed by atoms with Gasteiger partial charge >= 0.3 is 0 Å². The van der Waals surface area contributed by atoms with Crippen molar-refractivity contribution in [3.63, 3.8) is 0 Å². The molecular formula is C30H32Cl2N3O6S4+. The largest absolute Gasteiger partial charge is 0.335 e. The fourth-order valence-electron chi connectivity index (χ4n) is 4.88. The predicted molar refractivity (Wildman–Crippen MR) is 184 cm³/mol. The van der Waals surface area contributed by atoms with Gasteiger partial charge in [0.1, 0.15) is 4.70 Å². The third-order valence-corrected chi connectivity index (χ3v) is 11.7. The number of allylic oxidation sites excluding steroid dienone is 4. The van der Waals surface area contributed by atoms with E-state index in [2.05, 4.69) is 24.0 Å². The molecule has 15 heteroatoms. The number of anilines is 1. The van der Waals surface area contributed by atoms with Gasteiger partial charge in [-0.05, 0) is 60.9 Å². The third kappa shape index (κ3) is 9.13. The summed E-state index contributed by atoms with van der Waals surface area (Å²) in [4.78, 5) is 3.10. The number of nitrogens with zero attached hydrogens (tertiary/aromatic N) is 3. The maximum atomic E-state index is 12.7. The summed E-state index contributed by atoms with van der Waals surface area (Å²) in [6.07, 6.45) is 12.4. The van der Waals surface area contributed by atoms with Gasteiger partial charge in [-0.25, -0.2) is 5.06 Å². The zero-order valence-corrected chi connectivity index (χ0v) is 29.1. The molecule has 3 aromatic rings. The molecule has 5 rings (SSSR count). The Morgan fingerprint density at radius 3 is 2.58 bits per heavy atom. The Hall–Kier alpha value is -2.36. The molecule has 1 aromatic heterocycles. The number of hydrogen-bond acceptors (Lipinski definition) is 9. The number of rotatable bonds is 13. The van der Waals surface area contributed by atoms with Crippen molar-refractivity contribution >= 4 is 88.5 Å². The van der Waals surface area contributed by atoms with Crippen LogP contribution in [-0.4, -0.2) is 51.0 Å². The van der Waals surface area contributed by atoms with Gasteiger partial charge < -0.3 is 4.90 Å². The average molecular weight is 730 g/mol. The molecule has 0 bridgehead atoms. The first-order valence-corrected chi connectivity index (χ1v) is 19.7. The molecule has 0 atom stereocenters. The summed E-state index contributed by atoms with van der Waals surface area (Å²) in [6.45, 7) is 3.22. The number of benzene rings is 2. The summed E-state index contributed by atoms with van der Waals surface area (Å²) in [7, 11) is -7.88. The number of hydrogen-bond donors (Lipinski definition) is 1. The van der Waals surface area contributed by atoms with Crippen molar-refractivity contribution in [3.8, 4) is 0 Å². The first-order valence-electron chi connectivity index (χ1n) is 14.2. The van der Waals surface area contributed by atoms with Crippen LogP contribution < -0.4 is 9.47 Å². The van der Waals surface area contributed by atoms with E-state index in [0.29, 0.717) is 42.5 Å². The van der Waals surface area contributed by atoms with Crippen LogP contribution in [0.2, 0.25) is 10.0 Å². The van der Waals surface area contributed by atoms with Crippen molar-refractivity contribution in [2.75, 3.05) is 29.5 Å². The molecule has 0 saturated heterocycles. The van der Waals surface area contributed by atoms with E-state index in [1.807, 2.05) is 53.1 Å². The lowest BCUT2D eigenvalue weighted by atomic mass is 10.2. The monoisotopic (exact) mass is 728 g/mol. The van der Waals surface area contributed by atoms with Crippen LogP contribution in [0.25, 0.3) is 16.3 Å². The van der Waals surface area contributed by atoms with Gasteiger partial charge in [0.2, 0.25) is 5.52 Å². The summed E-state index contributed by atoms with van der Waals surface area (Å²) in [5.41, 5.74) is 2.81. The van der Waals surface area contributed by atoms with Gasteiger partial charge in [0.15, 0.2) is 6.54 Å². The molecule has 0 unspecified atom stereocenters. The van der Waals surface area contributed by atoms with E-state index in [4.69, 9.17) is 27.5 Å². The van der Waals surface area contributed by atoms with Crippen LogP contribution in [0.3, 0.4) is 0 Å². The van der Waals surface area contributed by atoms with E-state index >= 15 is 0 Å². The van der Waals surface area contributed by atoms with Crippen LogP contribution >= 0.6 is 46.3 Å². The van der Waals surface area contributed by atoms with E-state index in [1.165, 1.54) is 5.06 Å². The molecule has 9 nitrogen and oxygen atoms in total. The Morgan fingerprint density at radius 2 is 1.84 bits per heavy atom. The molecule has 0 radical (unpaired) electrons. The van der Waals surface area contributed by atoms with E-state index in [0.717, 1.165) is 36.4 Å². The van der Waals surface area contributed by atoms with Crippen molar-refractivity contribution in [2.24, 2.45) is 0 Å². The summed E-state index contributed by atoms with van der Waals surface area (Å²) < 4.78 is 65.7. The molecule has 0 fully saturated rings. The van der Waals surface area contributed by atoms with Crippen LogP contribution in [0.4, 0.5) is 5.69 Å². The Kier molecular flexibility index (Phi) is 11.0. The number of aromatic nitrogens is 1. The van der Waals surface area contributed by atoms with E-state index in [-0.39, 0.29) is 17.9 Å². The molecule has 2 aromatic carbocycles. The minimum atomic E-state index is -4.09. The highest BCUT2D eigenvalue weighted by molar-refractivity contribution is 8.03. The lowest BCUT2D eigenvalue weighted by molar-refractivity contribution is -0.668. The third-order valence-electron chi connectivity index (χ3n) is 6.96. The summed E-state index contributed by atoms with van der Waals surface area (Å²) >= 11 is 15.8. The fourth-order valence-corrected chi connectivity index (χ4v) is 8.96. The second-order valence-electron chi connectivity index (χ2n) is 10.3. The Balaban J connectivity index is 1.41. The summed E-state index contributed by atoms with van der Waals surface area (Å²) in [5.74, 6) is -0.500. The van der Waals surface area contributed by atoms with Gasteiger partial charge in [-0.3, -0.25) is 4.55 Å². The van der Waals surface area contributed by atoms with Gasteiger partial charge in [0, 0.05) is 46.2 Å². The number of halogens is 2. The number of thioether (sulfide) groups is 1. The summed E-state index contributed by atoms with van der Waals surface area (Å²) in [6, 6.07) is 11.3. The number of thiazole rings is 1. The van der Waals surface area contributed by atoms with Crippen molar-refractivity contribution < 1.29 is 30.2 Å². The van der Waals surface area contributed by atoms with Gasteiger partial charge in [0.25, 0.3) is 25.2 Å². The SMILES string of the molecule is CCC(=Cc1sc2ccc(Cl)cc2[n+]1CCCS(=O)(=O)O)C=C1Sc2ccc(Cl)cc2N1CCCS(=O)(=O)ON1C=CC=CC1. The van der Waals surface area contributed by atoms with Crippen LogP contribution in [0, 0.1) is 0 Å². The minimum Gasteiger partial charge on any atom is -0.335 e. The molecular weight excluding hydrogens is 698 g/mol. The topological polar surface area (TPSA) is 108 Å². The molecule has 240 valence electrons. The second kappa shape index (κ2) is 14.6. The molecule has 45 heavy (non-hydrogen) atoms. The smallest absolute Gasteiger partial charge is 0.288 e. The first kappa shape index (κ1) is 34.0. The van der Waals surface area contributed by atoms with E-state index < -0.39 is 20.2 Å². The first-order chi connectivity index (χ1) is 21.4. The molecule has 3 heterocycles. The zero-order valence-electron chi connectivity index (χ0n) is 24.3. The maximum Gasteiger partial charge on any atom is 0.288 e. The lowest BCUT2D eigenvalue weighted by Crippen LogP contribution is -2.36. The minimum absolute atomic E-state index is 0.157. The van der Waals surface area contributed by atoms with Crippen LogP contribution in [0.15, 0.2) is 82.4 Å². The summed E-state index contributed by atoms with van der Waals surface area (Å²) in [5, 5.41) is 4.29. The van der Waals surface area contributed by atoms with E-state index in [9.17, 15) is 21.4 Å². The van der Waals surface area contributed by atoms with Crippen LogP contribution in [0.5, 0.6) is 0 Å². The highest BCUT2D eigenvalue weighted by atomic mass is 35.5. The average Bonchev–Trinajstić information content (AvgIpc) is 3.48. The standard InChI is InChI=1S/C30H31Cl2N3O6S4/c1-2-22(18-29-34(14-6-16-44(36,37)38)25-20-23(31)8-10-27(25)42-29)19-30-35(26-21-24(32)9-11-28(26)43-30)15-7-17-45(39,40)41-33-12-4-3-5-13-33/h3-5,8-12,18-21H,2,6-7,13-17H2,1H3/p+1. The van der Waals surface area contributed by atoms with Gasteiger partial charge in [-0.1, -0.05) is 65.4 Å². The number of aryl methyl sites for hydroxylation is 1. The quantitative estimate of drug-likeness (QED) is 0.146. The molecule has 0 saturated carbocycles. The van der Waals surface area contributed by atoms with Crippen LogP contribution in [-0.2, 0) is 31.1 Å². The molecule has 0 spiro atoms. The van der Waals surface area contributed by atoms with Crippen LogP contribution in [0.1, 0.15) is 31.2 Å². The van der Waals surface area contributed by atoms with Gasteiger partial charge in [-0.2, -0.15) is 21.4 Å². The molecule has 0 amide bonds. The molecule has 2 aliphatic rings. The predicted octanol–water partition coefficient (Wildman–Crippen LogP) is 7.06. The second-order valence-corrected chi connectivity index (χ2v) is 16.6. The number of hydroxylamine groups is 2. The van der Waals surface area contributed by atoms with E-state index in [1.54, 1.807) is 35.4 Å². The van der Waals surface area contributed by atoms with Crippen molar-refractivity contribution in [1.29, 1.82) is 0 Å². The zero-order chi connectivity index (χ0) is 32.2. The van der Waals surface area contributed by atoms with Crippen molar-refractivity contribution in [1.82, 2.24) is 5.06 Å². The Morgan fingerprint density at radius 1 is 1.07 bits per heavy atom. The highest BCUT2D eigenvalue weighted by Gasteiger charge is 2.27. The fraction of sp³-hybridized carbons (Fsp3) is 0.300. The normalized spacial score (nSPS) is 16.4. The maximum absolute atomic E-state index is 12.7. The number of fused-ring (bicyclic) bond motifs is 2. The van der Waals surface area contributed by atoms with Crippen molar-refractivity contribution in [2.45, 2.75) is 37.6 Å².